The largest absolute Gasteiger partial charge is 0.493 e. The molecule has 1 heterocycles. The molecule has 0 radical (unpaired) electrons. The summed E-state index contributed by atoms with van der Waals surface area (Å²) in [6.07, 6.45) is 5.00. The van der Waals surface area contributed by atoms with E-state index in [1.807, 2.05) is 48.6 Å². The number of hydrogen-bond acceptors (Lipinski definition) is 3. The van der Waals surface area contributed by atoms with Crippen molar-refractivity contribution in [1.82, 2.24) is 10.6 Å². The van der Waals surface area contributed by atoms with Gasteiger partial charge < -0.3 is 15.4 Å². The van der Waals surface area contributed by atoms with Gasteiger partial charge in [-0.2, -0.15) is 0 Å². The highest BCUT2D eigenvalue weighted by Gasteiger charge is 2.15. The predicted octanol–water partition coefficient (Wildman–Crippen LogP) is 5.50. The van der Waals surface area contributed by atoms with Crippen LogP contribution in [0.4, 0.5) is 0 Å². The van der Waals surface area contributed by atoms with E-state index in [4.69, 9.17) is 27.9 Å². The van der Waals surface area contributed by atoms with Crippen LogP contribution >= 0.6 is 39.1 Å². The second-order valence-corrected chi connectivity index (χ2v) is 8.34. The molecule has 2 aromatic carbocycles. The van der Waals surface area contributed by atoms with Gasteiger partial charge in [-0.1, -0.05) is 57.4 Å². The molecule has 2 N–H and O–H groups in total. The van der Waals surface area contributed by atoms with Gasteiger partial charge in [0.1, 0.15) is 5.75 Å². The van der Waals surface area contributed by atoms with Crippen molar-refractivity contribution in [3.63, 3.8) is 0 Å². The van der Waals surface area contributed by atoms with Gasteiger partial charge in [0.05, 0.1) is 6.61 Å². The van der Waals surface area contributed by atoms with Gasteiger partial charge in [-0.3, -0.25) is 0 Å². The Labute approximate surface area is 179 Å². The van der Waals surface area contributed by atoms with Gasteiger partial charge in [0.15, 0.2) is 0 Å². The Hall–Kier alpha value is -1.04. The summed E-state index contributed by atoms with van der Waals surface area (Å²) in [5, 5.41) is 8.16. The second kappa shape index (κ2) is 10.5. The lowest BCUT2D eigenvalue weighted by Gasteiger charge is -2.27. The van der Waals surface area contributed by atoms with E-state index < -0.39 is 0 Å². The van der Waals surface area contributed by atoms with Crippen LogP contribution in [-0.4, -0.2) is 32.8 Å². The maximum absolute atomic E-state index is 6.17. The summed E-state index contributed by atoms with van der Waals surface area (Å²) >= 11 is 15.7. The zero-order valence-electron chi connectivity index (χ0n) is 15.0. The number of halogens is 3. The molecule has 0 aliphatic carbocycles. The minimum absolute atomic E-state index is 0.670. The molecule has 0 unspecified atom stereocenters. The molecule has 1 aliphatic rings. The smallest absolute Gasteiger partial charge is 0.126 e. The van der Waals surface area contributed by atoms with Crippen LogP contribution in [0.15, 0.2) is 40.9 Å². The Morgan fingerprint density at radius 2 is 1.81 bits per heavy atom. The van der Waals surface area contributed by atoms with E-state index in [-0.39, 0.29) is 0 Å². The quantitative estimate of drug-likeness (QED) is 0.375. The van der Waals surface area contributed by atoms with Crippen molar-refractivity contribution in [1.29, 1.82) is 0 Å². The maximum Gasteiger partial charge on any atom is 0.126 e. The lowest BCUT2D eigenvalue weighted by atomic mass is 10.0. The minimum Gasteiger partial charge on any atom is -0.493 e. The first-order valence-electron chi connectivity index (χ1n) is 9.09. The molecular formula is C21H23BrCl2N2O. The van der Waals surface area contributed by atoms with Crippen LogP contribution in [-0.2, 0) is 0 Å². The summed E-state index contributed by atoms with van der Waals surface area (Å²) in [6.45, 7) is 4.98. The molecule has 1 saturated heterocycles. The third-order valence-electron chi connectivity index (χ3n) is 4.43. The molecule has 144 valence electrons. The monoisotopic (exact) mass is 468 g/mol. The summed E-state index contributed by atoms with van der Waals surface area (Å²) in [5.41, 5.74) is 2.00. The van der Waals surface area contributed by atoms with Crippen molar-refractivity contribution < 1.29 is 4.74 Å². The maximum atomic E-state index is 6.17. The molecule has 3 nitrogen and oxygen atoms in total. The van der Waals surface area contributed by atoms with Crippen LogP contribution in [0.1, 0.15) is 17.5 Å². The van der Waals surface area contributed by atoms with Crippen molar-refractivity contribution >= 4 is 51.3 Å². The second-order valence-electron chi connectivity index (χ2n) is 6.61. The van der Waals surface area contributed by atoms with E-state index in [1.165, 1.54) is 0 Å². The number of nitrogens with one attached hydrogen (secondary N) is 2. The van der Waals surface area contributed by atoms with Crippen molar-refractivity contribution in [2.24, 2.45) is 5.92 Å². The van der Waals surface area contributed by atoms with E-state index in [2.05, 4.69) is 26.6 Å². The average molecular weight is 470 g/mol. The molecule has 27 heavy (non-hydrogen) atoms. The third-order valence-corrected chi connectivity index (χ3v) is 5.59. The Morgan fingerprint density at radius 1 is 1.07 bits per heavy atom. The molecule has 1 fully saturated rings. The molecule has 0 spiro atoms. The number of ether oxygens (including phenoxy) is 1. The summed E-state index contributed by atoms with van der Waals surface area (Å²) in [4.78, 5) is 0. The van der Waals surface area contributed by atoms with Gasteiger partial charge in [0, 0.05) is 39.7 Å². The molecule has 1 aliphatic heterocycles. The van der Waals surface area contributed by atoms with Gasteiger partial charge >= 0.3 is 0 Å². The van der Waals surface area contributed by atoms with Gasteiger partial charge in [0.2, 0.25) is 0 Å². The molecule has 6 heteroatoms. The first kappa shape index (κ1) is 20.7. The van der Waals surface area contributed by atoms with Gasteiger partial charge in [-0.05, 0) is 54.8 Å². The van der Waals surface area contributed by atoms with E-state index in [0.717, 1.165) is 59.9 Å². The highest BCUT2D eigenvalue weighted by atomic mass is 79.9. The summed E-state index contributed by atoms with van der Waals surface area (Å²) < 4.78 is 6.93. The van der Waals surface area contributed by atoms with E-state index in [0.29, 0.717) is 16.7 Å². The zero-order chi connectivity index (χ0) is 19.1. The van der Waals surface area contributed by atoms with Crippen LogP contribution in [0.3, 0.4) is 0 Å². The zero-order valence-corrected chi connectivity index (χ0v) is 18.1. The van der Waals surface area contributed by atoms with Crippen LogP contribution in [0.2, 0.25) is 10.0 Å². The van der Waals surface area contributed by atoms with E-state index >= 15 is 0 Å². The van der Waals surface area contributed by atoms with Crippen molar-refractivity contribution in [3.8, 4) is 5.75 Å². The van der Waals surface area contributed by atoms with Crippen LogP contribution in [0, 0.1) is 5.92 Å². The molecule has 0 bridgehead atoms. The standard InChI is InChI=1S/C21H23BrCl2N2O/c22-20-11-19(24)5-4-16(20)2-3-17-10-18(23)6-7-21(17)27-9-1-8-25-12-15-13-26-14-15/h2-7,10-11,15,25-26H,1,8-9,12-14H2/b3-2+. The average Bonchev–Trinajstić information content (AvgIpc) is 2.60. The molecule has 0 aromatic heterocycles. The highest BCUT2D eigenvalue weighted by Crippen LogP contribution is 2.27. The Morgan fingerprint density at radius 3 is 2.56 bits per heavy atom. The molecule has 0 atom stereocenters. The predicted molar refractivity (Wildman–Crippen MR) is 119 cm³/mol. The Bertz CT molecular complexity index is 794. The fourth-order valence-electron chi connectivity index (χ4n) is 2.78. The van der Waals surface area contributed by atoms with Gasteiger partial charge in [-0.25, -0.2) is 0 Å². The normalized spacial score (nSPS) is 14.5. The molecule has 3 rings (SSSR count). The fraction of sp³-hybridized carbons (Fsp3) is 0.333. The summed E-state index contributed by atoms with van der Waals surface area (Å²) in [6, 6.07) is 11.4. The Balaban J connectivity index is 1.54. The van der Waals surface area contributed by atoms with E-state index in [1.54, 1.807) is 0 Å². The van der Waals surface area contributed by atoms with Crippen LogP contribution < -0.4 is 15.4 Å². The summed E-state index contributed by atoms with van der Waals surface area (Å²) in [7, 11) is 0. The highest BCUT2D eigenvalue weighted by molar-refractivity contribution is 9.10. The minimum atomic E-state index is 0.670. The van der Waals surface area contributed by atoms with Gasteiger partial charge in [-0.15, -0.1) is 0 Å². The topological polar surface area (TPSA) is 33.3 Å². The van der Waals surface area contributed by atoms with E-state index in [9.17, 15) is 0 Å². The lowest BCUT2D eigenvalue weighted by Crippen LogP contribution is -2.47. The SMILES string of the molecule is Clc1ccc(/C=C/c2cc(Cl)ccc2OCCCNCC2CNC2)c(Br)c1. The summed E-state index contributed by atoms with van der Waals surface area (Å²) in [5.74, 6) is 1.62. The first-order chi connectivity index (χ1) is 13.1. The fourth-order valence-corrected chi connectivity index (χ4v) is 3.77. The van der Waals surface area contributed by atoms with Crippen LogP contribution in [0.5, 0.6) is 5.75 Å². The van der Waals surface area contributed by atoms with Crippen LogP contribution in [0.25, 0.3) is 12.2 Å². The molecule has 0 saturated carbocycles. The lowest BCUT2D eigenvalue weighted by molar-refractivity contribution is 0.296. The van der Waals surface area contributed by atoms with Crippen molar-refractivity contribution in [2.45, 2.75) is 6.42 Å². The van der Waals surface area contributed by atoms with Crippen molar-refractivity contribution in [2.75, 3.05) is 32.8 Å². The molecule has 2 aromatic rings. The molecule has 0 amide bonds. The van der Waals surface area contributed by atoms with Gasteiger partial charge in [0.25, 0.3) is 0 Å². The Kier molecular flexibility index (Phi) is 8.04. The molecular weight excluding hydrogens is 447 g/mol. The number of hydrogen-bond donors (Lipinski definition) is 2. The van der Waals surface area contributed by atoms with Crippen molar-refractivity contribution in [3.05, 3.63) is 62.0 Å². The number of rotatable bonds is 9. The third kappa shape index (κ3) is 6.51. The number of benzene rings is 2. The first-order valence-corrected chi connectivity index (χ1v) is 10.6.